The summed E-state index contributed by atoms with van der Waals surface area (Å²) in [7, 11) is 1.59. The first-order chi connectivity index (χ1) is 11.3. The van der Waals surface area contributed by atoms with Crippen LogP contribution in [-0.4, -0.2) is 53.2 Å². The second kappa shape index (κ2) is 7.48. The number of piperidine rings is 1. The minimum absolute atomic E-state index is 0.0902. The monoisotopic (exact) mass is 319 g/mol. The van der Waals surface area contributed by atoms with Gasteiger partial charge < -0.3 is 20.3 Å². The molecule has 2 heterocycles. The molecular formula is C16H25N5O2. The Morgan fingerprint density at radius 1 is 1.13 bits per heavy atom. The summed E-state index contributed by atoms with van der Waals surface area (Å²) in [5.74, 6) is 1.18. The van der Waals surface area contributed by atoms with Crippen molar-refractivity contribution in [3.05, 3.63) is 12.4 Å². The number of likely N-dealkylation sites (tertiary alicyclic amines) is 1. The van der Waals surface area contributed by atoms with E-state index in [1.54, 1.807) is 19.5 Å². The summed E-state index contributed by atoms with van der Waals surface area (Å²) in [6.07, 6.45) is 9.77. The minimum Gasteiger partial charge on any atom is -0.478 e. The van der Waals surface area contributed by atoms with Gasteiger partial charge in [0.2, 0.25) is 0 Å². The molecule has 0 spiro atoms. The van der Waals surface area contributed by atoms with Crippen LogP contribution in [0.3, 0.4) is 0 Å². The second-order valence-electron chi connectivity index (χ2n) is 6.25. The van der Waals surface area contributed by atoms with Crippen molar-refractivity contribution < 1.29 is 9.53 Å². The van der Waals surface area contributed by atoms with Gasteiger partial charge in [0.15, 0.2) is 5.82 Å². The SMILES string of the molecule is COc1nccnc1NC1CCN(C(=O)NC2CCCC2)CC1. The number of carbonyl (C=O) groups excluding carboxylic acids is 1. The summed E-state index contributed by atoms with van der Waals surface area (Å²) in [5, 5.41) is 6.53. The van der Waals surface area contributed by atoms with Crippen molar-refractivity contribution in [3.8, 4) is 5.88 Å². The number of rotatable bonds is 4. The van der Waals surface area contributed by atoms with Crippen LogP contribution in [0.1, 0.15) is 38.5 Å². The Morgan fingerprint density at radius 3 is 2.52 bits per heavy atom. The van der Waals surface area contributed by atoms with Crippen molar-refractivity contribution in [1.82, 2.24) is 20.2 Å². The molecule has 1 saturated heterocycles. The molecule has 23 heavy (non-hydrogen) atoms. The molecular weight excluding hydrogens is 294 g/mol. The topological polar surface area (TPSA) is 79.4 Å². The van der Waals surface area contributed by atoms with E-state index in [2.05, 4.69) is 20.6 Å². The van der Waals surface area contributed by atoms with Crippen molar-refractivity contribution in [1.29, 1.82) is 0 Å². The third-order valence-corrected chi connectivity index (χ3v) is 4.66. The largest absolute Gasteiger partial charge is 0.478 e. The number of nitrogens with one attached hydrogen (secondary N) is 2. The average Bonchev–Trinajstić information content (AvgIpc) is 3.09. The maximum atomic E-state index is 12.3. The van der Waals surface area contributed by atoms with Gasteiger partial charge in [0.1, 0.15) is 0 Å². The molecule has 0 radical (unpaired) electrons. The van der Waals surface area contributed by atoms with Gasteiger partial charge in [0.25, 0.3) is 5.88 Å². The first-order valence-corrected chi connectivity index (χ1v) is 8.43. The lowest BCUT2D eigenvalue weighted by Crippen LogP contribution is -2.49. The van der Waals surface area contributed by atoms with Gasteiger partial charge in [-0.25, -0.2) is 14.8 Å². The normalized spacial score (nSPS) is 19.6. The van der Waals surface area contributed by atoms with Crippen LogP contribution in [0.2, 0.25) is 0 Å². The number of ether oxygens (including phenoxy) is 1. The van der Waals surface area contributed by atoms with Gasteiger partial charge in [-0.1, -0.05) is 12.8 Å². The number of methoxy groups -OCH3 is 1. The Morgan fingerprint density at radius 2 is 1.83 bits per heavy atom. The lowest BCUT2D eigenvalue weighted by molar-refractivity contribution is 0.180. The first kappa shape index (κ1) is 15.8. The fourth-order valence-electron chi connectivity index (χ4n) is 3.33. The van der Waals surface area contributed by atoms with Gasteiger partial charge in [-0.05, 0) is 25.7 Å². The number of carbonyl (C=O) groups is 1. The zero-order valence-electron chi connectivity index (χ0n) is 13.6. The fraction of sp³-hybridized carbons (Fsp3) is 0.688. The molecule has 2 N–H and O–H groups in total. The van der Waals surface area contributed by atoms with E-state index in [1.807, 2.05) is 4.90 Å². The highest BCUT2D eigenvalue weighted by Crippen LogP contribution is 2.22. The van der Waals surface area contributed by atoms with E-state index in [0.717, 1.165) is 38.8 Å². The highest BCUT2D eigenvalue weighted by Gasteiger charge is 2.26. The molecule has 1 aromatic rings. The Bertz CT molecular complexity index is 525. The van der Waals surface area contributed by atoms with Gasteiger partial charge in [-0.3, -0.25) is 0 Å². The number of amides is 2. The molecule has 0 atom stereocenters. The lowest BCUT2D eigenvalue weighted by Gasteiger charge is -2.33. The van der Waals surface area contributed by atoms with E-state index in [1.165, 1.54) is 12.8 Å². The lowest BCUT2D eigenvalue weighted by atomic mass is 10.1. The van der Waals surface area contributed by atoms with Crippen molar-refractivity contribution in [2.75, 3.05) is 25.5 Å². The Kier molecular flexibility index (Phi) is 5.15. The third-order valence-electron chi connectivity index (χ3n) is 4.66. The van der Waals surface area contributed by atoms with Gasteiger partial charge >= 0.3 is 6.03 Å². The molecule has 1 aromatic heterocycles. The van der Waals surface area contributed by atoms with E-state index < -0.39 is 0 Å². The third kappa shape index (κ3) is 4.03. The summed E-state index contributed by atoms with van der Waals surface area (Å²) in [5.41, 5.74) is 0. The van der Waals surface area contributed by atoms with Gasteiger partial charge in [-0.15, -0.1) is 0 Å². The van der Waals surface area contributed by atoms with Gasteiger partial charge in [-0.2, -0.15) is 0 Å². The fourth-order valence-corrected chi connectivity index (χ4v) is 3.33. The zero-order chi connectivity index (χ0) is 16.1. The molecule has 2 aliphatic rings. The molecule has 3 rings (SSSR count). The van der Waals surface area contributed by atoms with E-state index in [0.29, 0.717) is 17.7 Å². The van der Waals surface area contributed by atoms with Crippen LogP contribution in [0, 0.1) is 0 Å². The molecule has 1 aliphatic heterocycles. The van der Waals surface area contributed by atoms with Crippen molar-refractivity contribution in [3.63, 3.8) is 0 Å². The summed E-state index contributed by atoms with van der Waals surface area (Å²) >= 11 is 0. The van der Waals surface area contributed by atoms with Crippen molar-refractivity contribution in [2.45, 2.75) is 50.6 Å². The predicted molar refractivity (Wildman–Crippen MR) is 87.6 cm³/mol. The standard InChI is InChI=1S/C16H25N5O2/c1-23-15-14(17-8-9-18-15)19-13-6-10-21(11-7-13)16(22)20-12-4-2-3-5-12/h8-9,12-13H,2-7,10-11H2,1H3,(H,17,19)(H,20,22). The number of hydrogen-bond donors (Lipinski definition) is 2. The van der Waals surface area contributed by atoms with Crippen LogP contribution in [0.5, 0.6) is 5.88 Å². The Hall–Kier alpha value is -2.05. The molecule has 2 amide bonds. The van der Waals surface area contributed by atoms with Crippen LogP contribution in [0.4, 0.5) is 10.6 Å². The molecule has 0 bridgehead atoms. The van der Waals surface area contributed by atoms with Crippen LogP contribution in [0.25, 0.3) is 0 Å². The summed E-state index contributed by atoms with van der Waals surface area (Å²) in [6, 6.07) is 0.755. The molecule has 7 heteroatoms. The molecule has 1 saturated carbocycles. The quantitative estimate of drug-likeness (QED) is 0.887. The van der Waals surface area contributed by atoms with Crippen LogP contribution >= 0.6 is 0 Å². The number of anilines is 1. The zero-order valence-corrected chi connectivity index (χ0v) is 13.6. The number of hydrogen-bond acceptors (Lipinski definition) is 5. The summed E-state index contributed by atoms with van der Waals surface area (Å²) in [4.78, 5) is 22.6. The highest BCUT2D eigenvalue weighted by molar-refractivity contribution is 5.74. The molecule has 7 nitrogen and oxygen atoms in total. The number of aromatic nitrogens is 2. The maximum absolute atomic E-state index is 12.3. The Balaban J connectivity index is 1.47. The molecule has 126 valence electrons. The predicted octanol–water partition coefficient (Wildman–Crippen LogP) is 2.01. The average molecular weight is 319 g/mol. The highest BCUT2D eigenvalue weighted by atomic mass is 16.5. The number of nitrogens with zero attached hydrogens (tertiary/aromatic N) is 3. The molecule has 1 aliphatic carbocycles. The molecule has 0 unspecified atom stereocenters. The minimum atomic E-state index is 0.0902. The first-order valence-electron chi connectivity index (χ1n) is 8.43. The molecule has 0 aromatic carbocycles. The number of urea groups is 1. The second-order valence-corrected chi connectivity index (χ2v) is 6.25. The van der Waals surface area contributed by atoms with Crippen LogP contribution in [-0.2, 0) is 0 Å². The van der Waals surface area contributed by atoms with Crippen LogP contribution < -0.4 is 15.4 Å². The van der Waals surface area contributed by atoms with Gasteiger partial charge in [0.05, 0.1) is 7.11 Å². The molecule has 2 fully saturated rings. The van der Waals surface area contributed by atoms with Crippen molar-refractivity contribution in [2.24, 2.45) is 0 Å². The van der Waals surface area contributed by atoms with Crippen molar-refractivity contribution >= 4 is 11.8 Å². The summed E-state index contributed by atoms with van der Waals surface area (Å²) < 4.78 is 5.21. The van der Waals surface area contributed by atoms with E-state index in [-0.39, 0.29) is 12.1 Å². The smallest absolute Gasteiger partial charge is 0.317 e. The van der Waals surface area contributed by atoms with E-state index in [9.17, 15) is 4.79 Å². The van der Waals surface area contributed by atoms with Crippen LogP contribution in [0.15, 0.2) is 12.4 Å². The Labute approximate surface area is 136 Å². The summed E-state index contributed by atoms with van der Waals surface area (Å²) in [6.45, 7) is 1.53. The van der Waals surface area contributed by atoms with E-state index in [4.69, 9.17) is 4.74 Å². The van der Waals surface area contributed by atoms with E-state index >= 15 is 0 Å². The van der Waals surface area contributed by atoms with Gasteiger partial charge in [0, 0.05) is 37.6 Å². The maximum Gasteiger partial charge on any atom is 0.317 e.